The molecule has 43 heavy (non-hydrogen) atoms. The van der Waals surface area contributed by atoms with Gasteiger partial charge < -0.3 is 20.1 Å². The fraction of sp³-hybridized carbons (Fsp3) is 0.483. The van der Waals surface area contributed by atoms with Gasteiger partial charge in [-0.2, -0.15) is 10.2 Å². The van der Waals surface area contributed by atoms with Crippen molar-refractivity contribution in [2.24, 2.45) is 0 Å². The number of ether oxygens (including phenoxy) is 1. The van der Waals surface area contributed by atoms with Crippen molar-refractivity contribution in [3.05, 3.63) is 68.4 Å². The zero-order valence-corrected chi connectivity index (χ0v) is 26.7. The van der Waals surface area contributed by atoms with Gasteiger partial charge in [0.15, 0.2) is 0 Å². The number of benzene rings is 1. The minimum Gasteiger partial charge on any atom is -0.496 e. The van der Waals surface area contributed by atoms with Crippen LogP contribution < -0.4 is 21.3 Å². The van der Waals surface area contributed by atoms with E-state index in [0.29, 0.717) is 32.1 Å². The largest absolute Gasteiger partial charge is 0.496 e. The van der Waals surface area contributed by atoms with E-state index in [2.05, 4.69) is 15.5 Å². The lowest BCUT2D eigenvalue weighted by molar-refractivity contribution is -0.129. The first-order valence-corrected chi connectivity index (χ1v) is 14.6. The van der Waals surface area contributed by atoms with E-state index in [-0.39, 0.29) is 25.6 Å². The second kappa shape index (κ2) is 14.1. The molecular formula is C29H40FN7O5S. The Hall–Kier alpha value is -3.88. The molecule has 0 aliphatic heterocycles. The number of aliphatic hydroxyl groups is 1. The topological polar surface area (TPSA) is 137 Å². The van der Waals surface area contributed by atoms with Gasteiger partial charge in [0, 0.05) is 24.7 Å². The number of aryl methyl sites for hydroxylation is 3. The summed E-state index contributed by atoms with van der Waals surface area (Å²) in [5.74, 6) is -0.399. The predicted molar refractivity (Wildman–Crippen MR) is 165 cm³/mol. The van der Waals surface area contributed by atoms with Crippen molar-refractivity contribution in [1.29, 1.82) is 0 Å². The van der Waals surface area contributed by atoms with E-state index in [0.717, 1.165) is 11.1 Å². The third-order valence-electron chi connectivity index (χ3n) is 6.72. The van der Waals surface area contributed by atoms with Gasteiger partial charge in [-0.1, -0.05) is 11.3 Å². The number of carbonyl (C=O) groups excluding carboxylic acids is 1. The monoisotopic (exact) mass is 617 g/mol. The Morgan fingerprint density at radius 1 is 1.21 bits per heavy atom. The Bertz CT molecular complexity index is 1670. The van der Waals surface area contributed by atoms with Crippen LogP contribution in [0.3, 0.4) is 0 Å². The van der Waals surface area contributed by atoms with Crippen LogP contribution in [0.4, 0.5) is 4.39 Å². The minimum atomic E-state index is -1.48. The third-order valence-corrected chi connectivity index (χ3v) is 8.00. The number of hydrogen-bond acceptors (Lipinski definition) is 9. The molecule has 0 saturated heterocycles. The van der Waals surface area contributed by atoms with Crippen LogP contribution in [0.15, 0.2) is 40.2 Å². The average Bonchev–Trinajstić information content (AvgIpc) is 3.56. The van der Waals surface area contributed by atoms with Gasteiger partial charge in [0.2, 0.25) is 5.91 Å². The number of methoxy groups -OCH3 is 1. The van der Waals surface area contributed by atoms with Gasteiger partial charge in [-0.3, -0.25) is 14.2 Å². The van der Waals surface area contributed by atoms with Crippen molar-refractivity contribution in [2.45, 2.75) is 59.2 Å². The molecule has 0 fully saturated rings. The minimum absolute atomic E-state index is 0.114. The van der Waals surface area contributed by atoms with Crippen LogP contribution in [-0.4, -0.2) is 80.4 Å². The molecular weight excluding hydrogens is 577 g/mol. The highest BCUT2D eigenvalue weighted by Crippen LogP contribution is 2.31. The van der Waals surface area contributed by atoms with Crippen LogP contribution in [0.1, 0.15) is 38.8 Å². The van der Waals surface area contributed by atoms with E-state index in [9.17, 15) is 18.8 Å². The second-order valence-electron chi connectivity index (χ2n) is 11.0. The van der Waals surface area contributed by atoms with Crippen molar-refractivity contribution in [1.82, 2.24) is 34.3 Å². The van der Waals surface area contributed by atoms with Crippen molar-refractivity contribution >= 4 is 27.5 Å². The number of fused-ring (bicyclic) bond motifs is 1. The Balaban J connectivity index is 0.000000765. The molecule has 1 amide bonds. The highest BCUT2D eigenvalue weighted by molar-refractivity contribution is 7.21. The van der Waals surface area contributed by atoms with Gasteiger partial charge in [-0.25, -0.2) is 13.8 Å². The lowest BCUT2D eigenvalue weighted by Gasteiger charge is -2.27. The van der Waals surface area contributed by atoms with Crippen LogP contribution in [0.5, 0.6) is 5.75 Å². The Kier molecular flexibility index (Phi) is 11.0. The normalized spacial score (nSPS) is 11.6. The van der Waals surface area contributed by atoms with Crippen LogP contribution in [-0.2, 0) is 23.3 Å². The van der Waals surface area contributed by atoms with E-state index in [4.69, 9.17) is 9.84 Å². The van der Waals surface area contributed by atoms with Crippen LogP contribution in [0.25, 0.3) is 15.2 Å². The maximum absolute atomic E-state index is 14.0. The number of nitrogens with one attached hydrogen (secondary N) is 1. The Labute approximate surface area is 253 Å². The van der Waals surface area contributed by atoms with Gasteiger partial charge in [-0.05, 0) is 78.9 Å². The zero-order chi connectivity index (χ0) is 32.1. The highest BCUT2D eigenvalue weighted by atomic mass is 32.1. The molecule has 12 nitrogen and oxygen atoms in total. The molecule has 1 aromatic carbocycles. The molecule has 3 heterocycles. The average molecular weight is 618 g/mol. The first-order chi connectivity index (χ1) is 20.2. The lowest BCUT2D eigenvalue weighted by atomic mass is 10.0. The number of likely N-dealkylation sites (N-methyl/N-ethyl adjacent to an activating group) is 1. The summed E-state index contributed by atoms with van der Waals surface area (Å²) in [5, 5.41) is 20.2. The van der Waals surface area contributed by atoms with Crippen molar-refractivity contribution in [2.75, 3.05) is 34.4 Å². The number of aliphatic hydroxyl groups excluding tert-OH is 1. The second-order valence-corrected chi connectivity index (χ2v) is 12.0. The fourth-order valence-electron chi connectivity index (χ4n) is 4.45. The number of thiophene rings is 1. The summed E-state index contributed by atoms with van der Waals surface area (Å²) in [5.41, 5.74) is -1.54. The quantitative estimate of drug-likeness (QED) is 0.277. The molecule has 0 radical (unpaired) electrons. The van der Waals surface area contributed by atoms with Gasteiger partial charge in [0.25, 0.3) is 5.56 Å². The lowest BCUT2D eigenvalue weighted by Crippen LogP contribution is -2.56. The number of nitrogens with zero attached hydrogens (tertiary/aromatic N) is 6. The summed E-state index contributed by atoms with van der Waals surface area (Å²) >= 11 is 1.20. The van der Waals surface area contributed by atoms with E-state index in [1.807, 2.05) is 19.0 Å². The smallest absolute Gasteiger partial charge is 0.333 e. The maximum atomic E-state index is 14.0. The molecule has 0 spiro atoms. The van der Waals surface area contributed by atoms with E-state index in [1.54, 1.807) is 20.8 Å². The summed E-state index contributed by atoms with van der Waals surface area (Å²) in [6, 6.07) is 4.00. The van der Waals surface area contributed by atoms with Crippen LogP contribution >= 0.6 is 11.3 Å². The molecule has 4 rings (SSSR count). The summed E-state index contributed by atoms with van der Waals surface area (Å²) in [7, 11) is 5.34. The summed E-state index contributed by atoms with van der Waals surface area (Å²) in [6.07, 6.45) is 3.29. The third kappa shape index (κ3) is 7.37. The first-order valence-electron chi connectivity index (χ1n) is 13.8. The first kappa shape index (κ1) is 33.6. The van der Waals surface area contributed by atoms with E-state index in [1.165, 1.54) is 72.3 Å². The fourth-order valence-corrected chi connectivity index (χ4v) is 5.69. The highest BCUT2D eigenvalue weighted by Gasteiger charge is 2.35. The predicted octanol–water partition coefficient (Wildman–Crippen LogP) is 2.30. The van der Waals surface area contributed by atoms with E-state index >= 15 is 0 Å². The zero-order valence-electron chi connectivity index (χ0n) is 25.8. The molecule has 0 unspecified atom stereocenters. The number of hydrogen-bond donors (Lipinski definition) is 2. The standard InChI is InChI=1S/C25H29FN6O4S.C4H11NO/c1-14(2)29-23(34)25(4,5)31-20(33)19-15(3)21(32-27-10-11-28-32)37-22(19)30(24(31)35)12-9-16-13-17(26)7-8-18(16)36-6;1-5(2)3-4-6/h7-8,10-11,13-14H,9,12H2,1-6H3,(H,29,34);6H,3-4H2,1-2H3. The molecule has 0 saturated carbocycles. The number of rotatable bonds is 10. The Morgan fingerprint density at radius 2 is 1.86 bits per heavy atom. The van der Waals surface area contributed by atoms with Gasteiger partial charge >= 0.3 is 5.69 Å². The molecule has 2 N–H and O–H groups in total. The van der Waals surface area contributed by atoms with Crippen LogP contribution in [0, 0.1) is 12.7 Å². The number of carbonyl (C=O) groups is 1. The number of aromatic nitrogens is 5. The van der Waals surface area contributed by atoms with Crippen molar-refractivity contribution in [3.8, 4) is 10.8 Å². The SMILES string of the molecule is CN(C)CCO.COc1ccc(F)cc1CCn1c(=O)n(C(C)(C)C(=O)NC(C)C)c(=O)c2c(C)c(-n3nccn3)sc21. The molecule has 3 aromatic heterocycles. The van der Waals surface area contributed by atoms with E-state index < -0.39 is 28.5 Å². The summed E-state index contributed by atoms with van der Waals surface area (Å²) in [6.45, 7) is 9.58. The molecule has 0 aliphatic carbocycles. The summed E-state index contributed by atoms with van der Waals surface area (Å²) < 4.78 is 21.8. The van der Waals surface area contributed by atoms with Gasteiger partial charge in [0.1, 0.15) is 26.9 Å². The van der Waals surface area contributed by atoms with Gasteiger partial charge in [0.05, 0.1) is 31.5 Å². The maximum Gasteiger partial charge on any atom is 0.333 e. The van der Waals surface area contributed by atoms with Crippen LogP contribution in [0.2, 0.25) is 0 Å². The molecule has 0 aliphatic rings. The molecule has 0 bridgehead atoms. The van der Waals surface area contributed by atoms with Crippen molar-refractivity contribution < 1.29 is 19.0 Å². The number of halogens is 1. The molecule has 0 atom stereocenters. The van der Waals surface area contributed by atoms with Crippen molar-refractivity contribution in [3.63, 3.8) is 0 Å². The summed E-state index contributed by atoms with van der Waals surface area (Å²) in [4.78, 5) is 44.6. The van der Waals surface area contributed by atoms with Gasteiger partial charge in [-0.15, -0.1) is 4.80 Å². The molecule has 14 heteroatoms. The molecule has 4 aromatic rings. The Morgan fingerprint density at radius 3 is 2.40 bits per heavy atom. The number of amides is 1. The molecule has 234 valence electrons.